The zero-order chi connectivity index (χ0) is 21.7. The molecule has 1 aromatic heterocycles. The van der Waals surface area contributed by atoms with E-state index in [4.69, 9.17) is 4.74 Å². The zero-order valence-corrected chi connectivity index (χ0v) is 17.9. The predicted octanol–water partition coefficient (Wildman–Crippen LogP) is 3.49. The first-order valence-corrected chi connectivity index (χ1v) is 10.6. The van der Waals surface area contributed by atoms with Gasteiger partial charge in [-0.25, -0.2) is 9.98 Å². The van der Waals surface area contributed by atoms with Gasteiger partial charge in [0.1, 0.15) is 6.61 Å². The second-order valence-corrected chi connectivity index (χ2v) is 7.14. The second kappa shape index (κ2) is 12.3. The topological polar surface area (TPSA) is 78.8 Å². The smallest absolute Gasteiger partial charge is 0.213 e. The molecule has 0 amide bonds. The molecule has 0 radical (unpaired) electrons. The van der Waals surface area contributed by atoms with Gasteiger partial charge in [0, 0.05) is 31.3 Å². The summed E-state index contributed by atoms with van der Waals surface area (Å²) in [5.41, 5.74) is 3.21. The molecule has 0 bridgehead atoms. The molecule has 0 aliphatic carbocycles. The molecule has 0 fully saturated rings. The van der Waals surface area contributed by atoms with E-state index in [1.165, 1.54) is 0 Å². The van der Waals surface area contributed by atoms with Crippen LogP contribution in [0.3, 0.4) is 0 Å². The number of aliphatic hydroxyl groups excluding tert-OH is 1. The number of nitrogens with zero attached hydrogens (tertiary/aromatic N) is 2. The highest BCUT2D eigenvalue weighted by atomic mass is 16.5. The van der Waals surface area contributed by atoms with E-state index < -0.39 is 0 Å². The van der Waals surface area contributed by atoms with Crippen LogP contribution in [-0.4, -0.2) is 35.7 Å². The van der Waals surface area contributed by atoms with E-state index in [2.05, 4.69) is 20.6 Å². The number of nitrogens with one attached hydrogen (secondary N) is 2. The number of hydrogen-bond acceptors (Lipinski definition) is 4. The van der Waals surface area contributed by atoms with E-state index in [0.29, 0.717) is 31.5 Å². The molecule has 1 heterocycles. The SMILES string of the molecule is CCNC(=NCc1ccnc(OCc2ccccc2)c1)NCC(CO)c1ccccc1. The van der Waals surface area contributed by atoms with Crippen LogP contribution in [0.2, 0.25) is 0 Å². The Labute approximate surface area is 184 Å². The van der Waals surface area contributed by atoms with Crippen LogP contribution in [0.5, 0.6) is 5.88 Å². The number of aromatic nitrogens is 1. The number of aliphatic imine (C=N–C) groups is 1. The lowest BCUT2D eigenvalue weighted by atomic mass is 10.0. The molecule has 1 atom stereocenters. The van der Waals surface area contributed by atoms with E-state index in [1.54, 1.807) is 6.20 Å². The highest BCUT2D eigenvalue weighted by Gasteiger charge is 2.11. The Morgan fingerprint density at radius 3 is 2.45 bits per heavy atom. The standard InChI is InChI=1S/C25H30N4O2/c1-2-26-25(29-17-23(18-30)22-11-7-4-8-12-22)28-16-21-13-14-27-24(15-21)31-19-20-9-5-3-6-10-20/h3-15,23,30H,2,16-19H2,1H3,(H2,26,28,29). The maximum Gasteiger partial charge on any atom is 0.213 e. The minimum absolute atomic E-state index is 0.00368. The molecule has 31 heavy (non-hydrogen) atoms. The average molecular weight is 419 g/mol. The van der Waals surface area contributed by atoms with E-state index >= 15 is 0 Å². The molecule has 162 valence electrons. The number of hydrogen-bond donors (Lipinski definition) is 3. The Kier molecular flexibility index (Phi) is 8.88. The van der Waals surface area contributed by atoms with Gasteiger partial charge in [0.05, 0.1) is 13.2 Å². The summed E-state index contributed by atoms with van der Waals surface area (Å²) in [6.45, 7) is 4.42. The molecular weight excluding hydrogens is 388 g/mol. The van der Waals surface area contributed by atoms with E-state index in [9.17, 15) is 5.11 Å². The minimum atomic E-state index is 0.00368. The Morgan fingerprint density at radius 2 is 1.74 bits per heavy atom. The molecule has 3 N–H and O–H groups in total. The van der Waals surface area contributed by atoms with Crippen LogP contribution in [0.4, 0.5) is 0 Å². The van der Waals surface area contributed by atoms with Crippen molar-refractivity contribution in [3.05, 3.63) is 95.7 Å². The van der Waals surface area contributed by atoms with Gasteiger partial charge in [-0.15, -0.1) is 0 Å². The van der Waals surface area contributed by atoms with Crippen molar-refractivity contribution in [3.8, 4) is 5.88 Å². The summed E-state index contributed by atoms with van der Waals surface area (Å²) >= 11 is 0. The molecule has 3 rings (SSSR count). The van der Waals surface area contributed by atoms with Crippen molar-refractivity contribution in [2.75, 3.05) is 19.7 Å². The van der Waals surface area contributed by atoms with Crippen molar-refractivity contribution in [1.29, 1.82) is 0 Å². The second-order valence-electron chi connectivity index (χ2n) is 7.14. The molecule has 1 unspecified atom stereocenters. The Bertz CT molecular complexity index is 933. The monoisotopic (exact) mass is 418 g/mol. The number of benzene rings is 2. The van der Waals surface area contributed by atoms with Gasteiger partial charge >= 0.3 is 0 Å². The van der Waals surface area contributed by atoms with Crippen molar-refractivity contribution < 1.29 is 9.84 Å². The van der Waals surface area contributed by atoms with Gasteiger partial charge < -0.3 is 20.5 Å². The van der Waals surface area contributed by atoms with Crippen LogP contribution in [0.25, 0.3) is 0 Å². The summed E-state index contributed by atoms with van der Waals surface area (Å²) in [5, 5.41) is 16.4. The third kappa shape index (κ3) is 7.42. The first-order valence-electron chi connectivity index (χ1n) is 10.6. The molecule has 3 aromatic rings. The molecule has 0 spiro atoms. The summed E-state index contributed by atoms with van der Waals surface area (Å²) in [6.07, 6.45) is 1.74. The Balaban J connectivity index is 1.58. The van der Waals surface area contributed by atoms with Gasteiger partial charge in [-0.1, -0.05) is 60.7 Å². The lowest BCUT2D eigenvalue weighted by molar-refractivity contribution is 0.265. The molecule has 6 nitrogen and oxygen atoms in total. The van der Waals surface area contributed by atoms with Gasteiger partial charge in [0.25, 0.3) is 0 Å². The third-order valence-electron chi connectivity index (χ3n) is 4.80. The van der Waals surface area contributed by atoms with Crippen molar-refractivity contribution >= 4 is 5.96 Å². The fourth-order valence-corrected chi connectivity index (χ4v) is 3.10. The molecular formula is C25H30N4O2. The van der Waals surface area contributed by atoms with Crippen LogP contribution >= 0.6 is 0 Å². The first-order chi connectivity index (χ1) is 15.3. The van der Waals surface area contributed by atoms with E-state index in [0.717, 1.165) is 23.2 Å². The number of aliphatic hydroxyl groups is 1. The lowest BCUT2D eigenvalue weighted by Crippen LogP contribution is -2.39. The Hall–Kier alpha value is -3.38. The van der Waals surface area contributed by atoms with Gasteiger partial charge in [-0.2, -0.15) is 0 Å². The van der Waals surface area contributed by atoms with E-state index in [-0.39, 0.29) is 12.5 Å². The quantitative estimate of drug-likeness (QED) is 0.347. The summed E-state index contributed by atoms with van der Waals surface area (Å²) in [7, 11) is 0. The number of ether oxygens (including phenoxy) is 1. The molecule has 0 saturated heterocycles. The van der Waals surface area contributed by atoms with Crippen molar-refractivity contribution in [2.45, 2.75) is 26.0 Å². The minimum Gasteiger partial charge on any atom is -0.473 e. The Morgan fingerprint density at radius 1 is 1.00 bits per heavy atom. The van der Waals surface area contributed by atoms with Crippen molar-refractivity contribution in [3.63, 3.8) is 0 Å². The summed E-state index contributed by atoms with van der Waals surface area (Å²) in [5.74, 6) is 1.29. The maximum atomic E-state index is 9.77. The van der Waals surface area contributed by atoms with E-state index in [1.807, 2.05) is 79.7 Å². The summed E-state index contributed by atoms with van der Waals surface area (Å²) in [6, 6.07) is 23.9. The fourth-order valence-electron chi connectivity index (χ4n) is 3.10. The normalized spacial score (nSPS) is 12.3. The number of rotatable bonds is 10. The molecule has 0 aliphatic rings. The highest BCUT2D eigenvalue weighted by molar-refractivity contribution is 5.79. The summed E-state index contributed by atoms with van der Waals surface area (Å²) < 4.78 is 5.81. The maximum absolute atomic E-state index is 9.77. The van der Waals surface area contributed by atoms with Crippen molar-refractivity contribution in [1.82, 2.24) is 15.6 Å². The number of guanidine groups is 1. The zero-order valence-electron chi connectivity index (χ0n) is 17.9. The first kappa shape index (κ1) is 22.3. The molecule has 0 aliphatic heterocycles. The van der Waals surface area contributed by atoms with Crippen LogP contribution in [0.1, 0.15) is 29.5 Å². The fraction of sp³-hybridized carbons (Fsp3) is 0.280. The van der Waals surface area contributed by atoms with Gasteiger partial charge in [0.2, 0.25) is 5.88 Å². The van der Waals surface area contributed by atoms with Crippen molar-refractivity contribution in [2.24, 2.45) is 4.99 Å². The highest BCUT2D eigenvalue weighted by Crippen LogP contribution is 2.14. The van der Waals surface area contributed by atoms with Crippen LogP contribution < -0.4 is 15.4 Å². The molecule has 6 heteroatoms. The average Bonchev–Trinajstić information content (AvgIpc) is 2.83. The molecule has 2 aromatic carbocycles. The van der Waals surface area contributed by atoms with Gasteiger partial charge in [-0.05, 0) is 29.7 Å². The lowest BCUT2D eigenvalue weighted by Gasteiger charge is -2.18. The third-order valence-corrected chi connectivity index (χ3v) is 4.80. The van der Waals surface area contributed by atoms with Gasteiger partial charge in [-0.3, -0.25) is 0 Å². The largest absolute Gasteiger partial charge is 0.473 e. The van der Waals surface area contributed by atoms with Crippen LogP contribution in [0, 0.1) is 0 Å². The number of pyridine rings is 1. The summed E-state index contributed by atoms with van der Waals surface area (Å²) in [4.78, 5) is 8.96. The predicted molar refractivity (Wildman–Crippen MR) is 124 cm³/mol. The van der Waals surface area contributed by atoms with Crippen LogP contribution in [0.15, 0.2) is 84.0 Å². The van der Waals surface area contributed by atoms with Gasteiger partial charge in [0.15, 0.2) is 5.96 Å². The van der Waals surface area contributed by atoms with Crippen LogP contribution in [-0.2, 0) is 13.2 Å². The molecule has 0 saturated carbocycles.